The van der Waals surface area contributed by atoms with Crippen LogP contribution in [0.4, 0.5) is 0 Å². The lowest BCUT2D eigenvalue weighted by molar-refractivity contribution is 0.719. The predicted molar refractivity (Wildman–Crippen MR) is 88.0 cm³/mol. The van der Waals surface area contributed by atoms with Gasteiger partial charge in [0, 0.05) is 11.4 Å². The quantitative estimate of drug-likeness (QED) is 0.517. The van der Waals surface area contributed by atoms with E-state index in [1.54, 1.807) is 0 Å². The second-order valence-corrected chi connectivity index (χ2v) is 5.23. The molecular weight excluding hydrogens is 268 g/mol. The van der Waals surface area contributed by atoms with Gasteiger partial charge in [-0.25, -0.2) is 4.98 Å². The number of rotatable bonds is 3. The predicted octanol–water partition coefficient (Wildman–Crippen LogP) is 2.83. The number of benzene rings is 1. The van der Waals surface area contributed by atoms with Gasteiger partial charge < -0.3 is 5.32 Å². The summed E-state index contributed by atoms with van der Waals surface area (Å²) < 4.78 is 0. The van der Waals surface area contributed by atoms with Gasteiger partial charge in [-0.05, 0) is 45.1 Å². The molecule has 0 radical (unpaired) electrons. The summed E-state index contributed by atoms with van der Waals surface area (Å²) in [6, 6.07) is 12.3. The third-order valence-electron chi connectivity index (χ3n) is 2.71. The fraction of sp³-hybridized carbons (Fsp3) is 0.267. The summed E-state index contributed by atoms with van der Waals surface area (Å²) in [5.74, 6) is 0. The van der Waals surface area contributed by atoms with Gasteiger partial charge in [0.05, 0.1) is 16.9 Å². The first kappa shape index (κ1) is 14.4. The highest BCUT2D eigenvalue weighted by Crippen LogP contribution is 2.12. The molecule has 0 fully saturated rings. The van der Waals surface area contributed by atoms with Crippen LogP contribution in [0.3, 0.4) is 0 Å². The zero-order valence-electron chi connectivity index (χ0n) is 11.8. The summed E-state index contributed by atoms with van der Waals surface area (Å²) in [5.41, 5.74) is 5.42. The molecule has 0 saturated heterocycles. The van der Waals surface area contributed by atoms with E-state index in [0.29, 0.717) is 5.11 Å². The molecule has 0 aliphatic rings. The summed E-state index contributed by atoms with van der Waals surface area (Å²) in [6.45, 7) is 5.95. The molecule has 5 heteroatoms. The average molecular weight is 286 g/mol. The minimum atomic E-state index is 0.282. The monoisotopic (exact) mass is 286 g/mol. The number of fused-ring (bicyclic) bond motifs is 1. The molecule has 0 aliphatic carbocycles. The molecule has 2 N–H and O–H groups in total. The van der Waals surface area contributed by atoms with Crippen LogP contribution in [0.1, 0.15) is 26.5 Å². The smallest absolute Gasteiger partial charge is 0.187 e. The van der Waals surface area contributed by atoms with Crippen LogP contribution < -0.4 is 10.7 Å². The zero-order chi connectivity index (χ0) is 14.5. The van der Waals surface area contributed by atoms with Gasteiger partial charge in [-0.2, -0.15) is 5.10 Å². The first-order valence-electron chi connectivity index (χ1n) is 6.53. The number of nitrogens with one attached hydrogen (secondary N) is 2. The van der Waals surface area contributed by atoms with Crippen molar-refractivity contribution >= 4 is 33.9 Å². The summed E-state index contributed by atoms with van der Waals surface area (Å²) in [7, 11) is 0. The molecule has 0 bridgehead atoms. The van der Waals surface area contributed by atoms with Crippen molar-refractivity contribution < 1.29 is 0 Å². The van der Waals surface area contributed by atoms with E-state index < -0.39 is 0 Å². The molecule has 0 amide bonds. The lowest BCUT2D eigenvalue weighted by Crippen LogP contribution is -2.37. The maximum absolute atomic E-state index is 5.13. The number of hydrazone groups is 1. The van der Waals surface area contributed by atoms with Gasteiger partial charge in [0.25, 0.3) is 0 Å². The van der Waals surface area contributed by atoms with Gasteiger partial charge in [0.2, 0.25) is 0 Å². The Morgan fingerprint density at radius 3 is 2.70 bits per heavy atom. The minimum Gasteiger partial charge on any atom is -0.359 e. The van der Waals surface area contributed by atoms with Crippen LogP contribution in [0.25, 0.3) is 10.9 Å². The van der Waals surface area contributed by atoms with Crippen LogP contribution in [0.15, 0.2) is 41.5 Å². The van der Waals surface area contributed by atoms with Gasteiger partial charge >= 0.3 is 0 Å². The van der Waals surface area contributed by atoms with E-state index in [9.17, 15) is 0 Å². The number of hydrogen-bond donors (Lipinski definition) is 2. The van der Waals surface area contributed by atoms with Crippen LogP contribution in [0.2, 0.25) is 0 Å². The number of pyridine rings is 1. The molecule has 104 valence electrons. The van der Waals surface area contributed by atoms with Crippen molar-refractivity contribution in [1.82, 2.24) is 15.7 Å². The summed E-state index contributed by atoms with van der Waals surface area (Å²) in [6.07, 6.45) is 0. The highest BCUT2D eigenvalue weighted by atomic mass is 32.1. The van der Waals surface area contributed by atoms with Crippen LogP contribution in [0, 0.1) is 0 Å². The van der Waals surface area contributed by atoms with Gasteiger partial charge in [-0.3, -0.25) is 5.43 Å². The van der Waals surface area contributed by atoms with E-state index in [1.165, 1.54) is 0 Å². The van der Waals surface area contributed by atoms with Crippen LogP contribution in [0.5, 0.6) is 0 Å². The maximum Gasteiger partial charge on any atom is 0.187 e. The van der Waals surface area contributed by atoms with Crippen LogP contribution in [-0.2, 0) is 0 Å². The Labute approximate surface area is 124 Å². The fourth-order valence-electron chi connectivity index (χ4n) is 1.75. The van der Waals surface area contributed by atoms with E-state index >= 15 is 0 Å². The molecule has 20 heavy (non-hydrogen) atoms. The first-order valence-corrected chi connectivity index (χ1v) is 6.94. The molecule has 0 atom stereocenters. The van der Waals surface area contributed by atoms with E-state index in [2.05, 4.69) is 20.8 Å². The molecule has 4 nitrogen and oxygen atoms in total. The average Bonchev–Trinajstić information content (AvgIpc) is 2.43. The van der Waals surface area contributed by atoms with E-state index in [4.69, 9.17) is 12.2 Å². The molecule has 0 aliphatic heterocycles. The number of aromatic nitrogens is 1. The van der Waals surface area contributed by atoms with Crippen molar-refractivity contribution in [2.75, 3.05) is 0 Å². The molecule has 2 aromatic rings. The van der Waals surface area contributed by atoms with E-state index in [0.717, 1.165) is 22.3 Å². The number of hydrogen-bond acceptors (Lipinski definition) is 3. The summed E-state index contributed by atoms with van der Waals surface area (Å²) in [4.78, 5) is 4.58. The highest BCUT2D eigenvalue weighted by Gasteiger charge is 2.02. The van der Waals surface area contributed by atoms with Gasteiger partial charge in [-0.1, -0.05) is 24.3 Å². The Hall–Kier alpha value is -2.01. The van der Waals surface area contributed by atoms with Crippen molar-refractivity contribution in [2.24, 2.45) is 5.10 Å². The van der Waals surface area contributed by atoms with E-state index in [1.807, 2.05) is 57.2 Å². The van der Waals surface area contributed by atoms with Crippen molar-refractivity contribution in [3.05, 3.63) is 42.1 Å². The van der Waals surface area contributed by atoms with Crippen LogP contribution in [-0.4, -0.2) is 21.8 Å². The van der Waals surface area contributed by atoms with Gasteiger partial charge in [0.15, 0.2) is 5.11 Å². The van der Waals surface area contributed by atoms with Crippen molar-refractivity contribution in [1.29, 1.82) is 0 Å². The molecule has 0 saturated carbocycles. The standard InChI is InChI=1S/C15H18N4S/c1-10(2)16-15(20)19-18-11(3)13-9-8-12-6-4-5-7-14(12)17-13/h4-10H,1-3H3,(H2,16,19,20). The molecule has 1 heterocycles. The molecular formula is C15H18N4S. The molecule has 1 aromatic carbocycles. The SMILES string of the molecule is CC(=NNC(=S)NC(C)C)c1ccc2ccccc2n1. The van der Waals surface area contributed by atoms with Crippen molar-refractivity contribution in [2.45, 2.75) is 26.8 Å². The van der Waals surface area contributed by atoms with Crippen molar-refractivity contribution in [3.8, 4) is 0 Å². The Kier molecular flexibility index (Phi) is 4.63. The Bertz CT molecular complexity index is 649. The summed E-state index contributed by atoms with van der Waals surface area (Å²) in [5, 5.41) is 8.96. The number of thiocarbonyl (C=S) groups is 1. The molecule has 2 rings (SSSR count). The Morgan fingerprint density at radius 1 is 1.20 bits per heavy atom. The van der Waals surface area contributed by atoms with E-state index in [-0.39, 0.29) is 6.04 Å². The lowest BCUT2D eigenvalue weighted by Gasteiger charge is -2.10. The first-order chi connectivity index (χ1) is 9.56. The normalized spacial score (nSPS) is 11.7. The number of para-hydroxylation sites is 1. The second-order valence-electron chi connectivity index (χ2n) is 4.83. The Morgan fingerprint density at radius 2 is 1.95 bits per heavy atom. The topological polar surface area (TPSA) is 49.3 Å². The lowest BCUT2D eigenvalue weighted by atomic mass is 10.2. The minimum absolute atomic E-state index is 0.282. The number of nitrogens with zero attached hydrogens (tertiary/aromatic N) is 2. The summed E-state index contributed by atoms with van der Waals surface area (Å²) >= 11 is 5.13. The third-order valence-corrected chi connectivity index (χ3v) is 2.92. The zero-order valence-corrected chi connectivity index (χ0v) is 12.7. The molecule has 0 spiro atoms. The largest absolute Gasteiger partial charge is 0.359 e. The maximum atomic E-state index is 5.13. The van der Waals surface area contributed by atoms with Gasteiger partial charge in [0.1, 0.15) is 0 Å². The highest BCUT2D eigenvalue weighted by molar-refractivity contribution is 7.80. The molecule has 0 unspecified atom stereocenters. The second kappa shape index (κ2) is 6.43. The van der Waals surface area contributed by atoms with Crippen molar-refractivity contribution in [3.63, 3.8) is 0 Å². The van der Waals surface area contributed by atoms with Gasteiger partial charge in [-0.15, -0.1) is 0 Å². The molecule has 1 aromatic heterocycles. The van der Waals surface area contributed by atoms with Crippen LogP contribution >= 0.6 is 12.2 Å². The third kappa shape index (κ3) is 3.74. The Balaban J connectivity index is 2.14. The fourth-order valence-corrected chi connectivity index (χ4v) is 2.04.